The Hall–Kier alpha value is 0.620. The van der Waals surface area contributed by atoms with Crippen LogP contribution in [0.1, 0.15) is 51.6 Å². The second kappa shape index (κ2) is 7.93. The third-order valence-corrected chi connectivity index (χ3v) is 5.17. The number of halogens is 2. The lowest BCUT2D eigenvalue weighted by Crippen LogP contribution is -2.20. The lowest BCUT2D eigenvalue weighted by molar-refractivity contribution is 0.455. The molecule has 1 aromatic heterocycles. The molecule has 1 rings (SSSR count). The summed E-state index contributed by atoms with van der Waals surface area (Å²) >= 11 is 8.97. The van der Waals surface area contributed by atoms with Crippen molar-refractivity contribution in [1.82, 2.24) is 5.32 Å². The number of thiophene rings is 1. The molecule has 1 heterocycles. The topological polar surface area (TPSA) is 12.0 Å². The van der Waals surface area contributed by atoms with Crippen LogP contribution < -0.4 is 5.32 Å². The standard InChI is InChI=1S/C13H21Br2NS/c1-4-16-11(7-5-6-9(2)3)10-8-12(14)17-13(10)15/h8-9,11,16H,4-7H2,1-3H3. The van der Waals surface area contributed by atoms with Gasteiger partial charge in [-0.15, -0.1) is 11.3 Å². The third-order valence-electron chi connectivity index (χ3n) is 2.78. The van der Waals surface area contributed by atoms with Gasteiger partial charge in [0.25, 0.3) is 0 Å². The Bertz CT molecular complexity index is 336. The molecule has 0 spiro atoms. The molecule has 17 heavy (non-hydrogen) atoms. The molecule has 0 aliphatic heterocycles. The van der Waals surface area contributed by atoms with E-state index in [0.29, 0.717) is 6.04 Å². The first-order valence-corrected chi connectivity index (χ1v) is 8.63. The van der Waals surface area contributed by atoms with E-state index in [1.807, 2.05) is 0 Å². The van der Waals surface area contributed by atoms with Crippen LogP contribution in [0.25, 0.3) is 0 Å². The molecule has 0 aliphatic rings. The van der Waals surface area contributed by atoms with Gasteiger partial charge < -0.3 is 5.32 Å². The Morgan fingerprint density at radius 1 is 1.29 bits per heavy atom. The van der Waals surface area contributed by atoms with Crippen LogP contribution in [-0.2, 0) is 0 Å². The lowest BCUT2D eigenvalue weighted by atomic mass is 10.00. The molecule has 1 nitrogen and oxygen atoms in total. The molecule has 1 atom stereocenters. The summed E-state index contributed by atoms with van der Waals surface area (Å²) in [6, 6.07) is 2.72. The van der Waals surface area contributed by atoms with Crippen LogP contribution in [0.15, 0.2) is 13.6 Å². The van der Waals surface area contributed by atoms with E-state index in [2.05, 4.69) is 64.0 Å². The Kier molecular flexibility index (Phi) is 7.31. The molecule has 1 N–H and O–H groups in total. The molecular formula is C13H21Br2NS. The van der Waals surface area contributed by atoms with Crippen molar-refractivity contribution in [3.63, 3.8) is 0 Å². The van der Waals surface area contributed by atoms with Crippen LogP contribution >= 0.6 is 43.2 Å². The summed E-state index contributed by atoms with van der Waals surface area (Å²) in [5.74, 6) is 0.801. The monoisotopic (exact) mass is 381 g/mol. The molecule has 0 radical (unpaired) electrons. The summed E-state index contributed by atoms with van der Waals surface area (Å²) in [7, 11) is 0. The first-order chi connectivity index (χ1) is 8.04. The van der Waals surface area contributed by atoms with E-state index >= 15 is 0 Å². The predicted molar refractivity (Wildman–Crippen MR) is 84.8 cm³/mol. The van der Waals surface area contributed by atoms with E-state index in [-0.39, 0.29) is 0 Å². The van der Waals surface area contributed by atoms with Gasteiger partial charge in [0.05, 0.1) is 7.57 Å². The van der Waals surface area contributed by atoms with Crippen molar-refractivity contribution in [2.24, 2.45) is 5.92 Å². The van der Waals surface area contributed by atoms with Crippen LogP contribution in [0.4, 0.5) is 0 Å². The van der Waals surface area contributed by atoms with Gasteiger partial charge in [0.15, 0.2) is 0 Å². The molecular weight excluding hydrogens is 362 g/mol. The van der Waals surface area contributed by atoms with E-state index in [0.717, 1.165) is 12.5 Å². The van der Waals surface area contributed by atoms with Crippen molar-refractivity contribution in [2.45, 2.75) is 46.1 Å². The molecule has 1 unspecified atom stereocenters. The van der Waals surface area contributed by atoms with Crippen LogP contribution in [0.5, 0.6) is 0 Å². The maximum absolute atomic E-state index is 3.66. The largest absolute Gasteiger partial charge is 0.310 e. The van der Waals surface area contributed by atoms with Gasteiger partial charge >= 0.3 is 0 Å². The van der Waals surface area contributed by atoms with Gasteiger partial charge in [0.2, 0.25) is 0 Å². The number of hydrogen-bond acceptors (Lipinski definition) is 2. The minimum absolute atomic E-state index is 0.482. The molecule has 0 amide bonds. The predicted octanol–water partition coefficient (Wildman–Crippen LogP) is 5.75. The van der Waals surface area contributed by atoms with Gasteiger partial charge in [-0.1, -0.05) is 33.6 Å². The SMILES string of the molecule is CCNC(CCCC(C)C)c1cc(Br)sc1Br. The zero-order valence-corrected chi connectivity index (χ0v) is 14.7. The maximum Gasteiger partial charge on any atom is 0.0758 e. The van der Waals surface area contributed by atoms with Crippen LogP contribution in [-0.4, -0.2) is 6.54 Å². The fraction of sp³-hybridized carbons (Fsp3) is 0.692. The second-order valence-corrected chi connectivity index (χ2v) is 8.46. The summed E-state index contributed by atoms with van der Waals surface area (Å²) in [6.45, 7) is 7.77. The van der Waals surface area contributed by atoms with E-state index in [1.54, 1.807) is 11.3 Å². The van der Waals surface area contributed by atoms with Crippen LogP contribution in [0, 0.1) is 5.92 Å². The quantitative estimate of drug-likeness (QED) is 0.632. The first kappa shape index (κ1) is 15.7. The summed E-state index contributed by atoms with van der Waals surface area (Å²) in [6.07, 6.45) is 3.81. The van der Waals surface area contributed by atoms with Gasteiger partial charge in [-0.2, -0.15) is 0 Å². The summed E-state index contributed by atoms with van der Waals surface area (Å²) in [5.41, 5.74) is 1.40. The summed E-state index contributed by atoms with van der Waals surface area (Å²) in [5, 5.41) is 3.58. The van der Waals surface area contributed by atoms with Gasteiger partial charge in [0.1, 0.15) is 0 Å². The smallest absolute Gasteiger partial charge is 0.0758 e. The third kappa shape index (κ3) is 5.41. The molecule has 0 saturated carbocycles. The highest BCUT2D eigenvalue weighted by Crippen LogP contribution is 2.37. The van der Waals surface area contributed by atoms with E-state index in [4.69, 9.17) is 0 Å². The number of nitrogens with one attached hydrogen (secondary N) is 1. The maximum atomic E-state index is 3.66. The highest BCUT2D eigenvalue weighted by molar-refractivity contribution is 9.12. The van der Waals surface area contributed by atoms with Crippen LogP contribution in [0.3, 0.4) is 0 Å². The molecule has 0 aliphatic carbocycles. The fourth-order valence-electron chi connectivity index (χ4n) is 1.93. The zero-order chi connectivity index (χ0) is 12.8. The normalized spacial score (nSPS) is 13.3. The van der Waals surface area contributed by atoms with Crippen molar-refractivity contribution in [3.8, 4) is 0 Å². The van der Waals surface area contributed by atoms with Crippen molar-refractivity contribution in [1.29, 1.82) is 0 Å². The minimum atomic E-state index is 0.482. The average molecular weight is 383 g/mol. The van der Waals surface area contributed by atoms with E-state index in [9.17, 15) is 0 Å². The second-order valence-electron chi connectivity index (χ2n) is 4.71. The molecule has 1 aromatic rings. The van der Waals surface area contributed by atoms with Gasteiger partial charge in [-0.05, 0) is 62.4 Å². The van der Waals surface area contributed by atoms with E-state index < -0.39 is 0 Å². The molecule has 0 bridgehead atoms. The fourth-order valence-corrected chi connectivity index (χ4v) is 4.91. The first-order valence-electron chi connectivity index (χ1n) is 6.22. The van der Waals surface area contributed by atoms with Crippen molar-refractivity contribution in [3.05, 3.63) is 19.2 Å². The Morgan fingerprint density at radius 3 is 2.47 bits per heavy atom. The number of rotatable bonds is 7. The Morgan fingerprint density at radius 2 is 2.00 bits per heavy atom. The Balaban J connectivity index is 2.61. The van der Waals surface area contributed by atoms with Crippen molar-refractivity contribution >= 4 is 43.2 Å². The highest BCUT2D eigenvalue weighted by atomic mass is 79.9. The molecule has 98 valence electrons. The van der Waals surface area contributed by atoms with Gasteiger partial charge in [0, 0.05) is 6.04 Å². The molecule has 0 fully saturated rings. The van der Waals surface area contributed by atoms with Gasteiger partial charge in [-0.3, -0.25) is 0 Å². The zero-order valence-electron chi connectivity index (χ0n) is 10.7. The summed E-state index contributed by atoms with van der Waals surface area (Å²) < 4.78 is 2.45. The lowest BCUT2D eigenvalue weighted by Gasteiger charge is -2.18. The highest BCUT2D eigenvalue weighted by Gasteiger charge is 2.16. The molecule has 0 saturated heterocycles. The molecule has 0 aromatic carbocycles. The Labute approximate surface area is 126 Å². The summed E-state index contributed by atoms with van der Waals surface area (Å²) in [4.78, 5) is 0. The van der Waals surface area contributed by atoms with Gasteiger partial charge in [-0.25, -0.2) is 0 Å². The minimum Gasteiger partial charge on any atom is -0.310 e. The van der Waals surface area contributed by atoms with Crippen LogP contribution in [0.2, 0.25) is 0 Å². The molecule has 4 heteroatoms. The van der Waals surface area contributed by atoms with E-state index in [1.165, 1.54) is 32.4 Å². The van der Waals surface area contributed by atoms with Crippen molar-refractivity contribution < 1.29 is 0 Å². The van der Waals surface area contributed by atoms with Crippen molar-refractivity contribution in [2.75, 3.05) is 6.54 Å². The number of hydrogen-bond donors (Lipinski definition) is 1. The average Bonchev–Trinajstić information content (AvgIpc) is 2.56.